The second-order valence-corrected chi connectivity index (χ2v) is 3.20. The molecular weight excluding hydrogens is 260 g/mol. The number of benzene rings is 1. The first-order chi connectivity index (χ1) is 6.54. The van der Waals surface area contributed by atoms with Crippen LogP contribution in [0.4, 0.5) is 19.3 Å². The lowest BCUT2D eigenvalue weighted by Gasteiger charge is -2.06. The monoisotopic (exact) mass is 265 g/mol. The molecule has 0 fully saturated rings. The number of nitrogens with two attached hydrogens (primary N) is 1. The number of hydrogen-bond acceptors (Lipinski definition) is 2. The Balaban J connectivity index is 2.98. The normalized spacial score (nSPS) is 9.71. The van der Waals surface area contributed by atoms with E-state index in [9.17, 15) is 13.6 Å². The number of nitrogens with one attached hydrogen (secondary N) is 2. The maximum Gasteiger partial charge on any atom is 0.333 e. The van der Waals surface area contributed by atoms with Crippen molar-refractivity contribution in [3.05, 3.63) is 28.2 Å². The third-order valence-corrected chi connectivity index (χ3v) is 2.00. The molecule has 4 nitrogen and oxygen atoms in total. The van der Waals surface area contributed by atoms with Crippen molar-refractivity contribution in [2.75, 3.05) is 5.32 Å². The molecule has 2 amide bonds. The van der Waals surface area contributed by atoms with Gasteiger partial charge in [-0.3, -0.25) is 5.43 Å². The van der Waals surface area contributed by atoms with Crippen LogP contribution in [0.1, 0.15) is 0 Å². The Hall–Kier alpha value is -1.21. The lowest BCUT2D eigenvalue weighted by molar-refractivity contribution is 0.252. The molecule has 1 aromatic carbocycles. The minimum Gasteiger partial charge on any atom is -0.304 e. The minimum absolute atomic E-state index is 0.0197. The van der Waals surface area contributed by atoms with E-state index in [1.54, 1.807) is 5.43 Å². The number of hydrogen-bond donors (Lipinski definition) is 3. The summed E-state index contributed by atoms with van der Waals surface area (Å²) in [6.07, 6.45) is 0. The van der Waals surface area contributed by atoms with Crippen molar-refractivity contribution in [2.45, 2.75) is 0 Å². The summed E-state index contributed by atoms with van der Waals surface area (Å²) in [6, 6.07) is 0.918. The lowest BCUT2D eigenvalue weighted by Crippen LogP contribution is -2.34. The van der Waals surface area contributed by atoms with E-state index in [4.69, 9.17) is 5.84 Å². The summed E-state index contributed by atoms with van der Waals surface area (Å²) in [6.45, 7) is 0. The van der Waals surface area contributed by atoms with Gasteiger partial charge in [0, 0.05) is 6.07 Å². The summed E-state index contributed by atoms with van der Waals surface area (Å²) >= 11 is 2.80. The number of carbonyl (C=O) groups is 1. The summed E-state index contributed by atoms with van der Waals surface area (Å²) in [5.41, 5.74) is 1.44. The van der Waals surface area contributed by atoms with Crippen molar-refractivity contribution in [1.82, 2.24) is 5.43 Å². The average molecular weight is 266 g/mol. The molecule has 1 aromatic rings. The van der Waals surface area contributed by atoms with E-state index >= 15 is 0 Å². The van der Waals surface area contributed by atoms with Gasteiger partial charge in [0.1, 0.15) is 11.6 Å². The minimum atomic E-state index is -0.828. The first-order valence-electron chi connectivity index (χ1n) is 3.46. The Morgan fingerprint density at radius 2 is 2.00 bits per heavy atom. The highest BCUT2D eigenvalue weighted by Crippen LogP contribution is 2.23. The zero-order valence-electron chi connectivity index (χ0n) is 6.77. The van der Waals surface area contributed by atoms with Gasteiger partial charge in [-0.2, -0.15) is 0 Å². The van der Waals surface area contributed by atoms with Gasteiger partial charge in [0.25, 0.3) is 0 Å². The Kier molecular flexibility index (Phi) is 3.37. The second-order valence-electron chi connectivity index (χ2n) is 2.34. The Labute approximate surface area is 86.6 Å². The SMILES string of the molecule is NNC(=O)Nc1cc(F)c(Br)cc1F. The number of urea groups is 1. The number of amides is 2. The van der Waals surface area contributed by atoms with Gasteiger partial charge < -0.3 is 5.32 Å². The predicted octanol–water partition coefficient (Wildman–Crippen LogP) is 1.72. The highest BCUT2D eigenvalue weighted by Gasteiger charge is 2.09. The van der Waals surface area contributed by atoms with Gasteiger partial charge in [0.2, 0.25) is 0 Å². The van der Waals surface area contributed by atoms with Crippen LogP contribution in [0.25, 0.3) is 0 Å². The Morgan fingerprint density at radius 1 is 1.36 bits per heavy atom. The van der Waals surface area contributed by atoms with Crippen LogP contribution in [-0.2, 0) is 0 Å². The molecule has 0 saturated carbocycles. The molecule has 0 bridgehead atoms. The highest BCUT2D eigenvalue weighted by molar-refractivity contribution is 9.10. The van der Waals surface area contributed by atoms with Crippen molar-refractivity contribution < 1.29 is 13.6 Å². The molecule has 0 aliphatic heterocycles. The van der Waals surface area contributed by atoms with E-state index in [1.807, 2.05) is 5.32 Å². The molecule has 14 heavy (non-hydrogen) atoms. The first kappa shape index (κ1) is 10.9. The fraction of sp³-hybridized carbons (Fsp3) is 0. The largest absolute Gasteiger partial charge is 0.333 e. The molecule has 0 heterocycles. The van der Waals surface area contributed by atoms with E-state index in [2.05, 4.69) is 15.9 Å². The molecule has 0 unspecified atom stereocenters. The maximum atomic E-state index is 13.0. The van der Waals surface area contributed by atoms with Crippen LogP contribution in [0.15, 0.2) is 16.6 Å². The van der Waals surface area contributed by atoms with Crippen molar-refractivity contribution in [3.8, 4) is 0 Å². The van der Waals surface area contributed by atoms with Crippen LogP contribution in [-0.4, -0.2) is 6.03 Å². The van der Waals surface area contributed by atoms with Gasteiger partial charge in [-0.1, -0.05) is 0 Å². The van der Waals surface area contributed by atoms with E-state index in [1.165, 1.54) is 0 Å². The Morgan fingerprint density at radius 3 is 2.57 bits per heavy atom. The topological polar surface area (TPSA) is 67.1 Å². The van der Waals surface area contributed by atoms with Gasteiger partial charge in [-0.15, -0.1) is 0 Å². The molecule has 0 aromatic heterocycles. The maximum absolute atomic E-state index is 13.0. The summed E-state index contributed by atoms with van der Waals surface area (Å²) in [5.74, 6) is 3.31. The van der Waals surface area contributed by atoms with Crippen LogP contribution in [0.5, 0.6) is 0 Å². The van der Waals surface area contributed by atoms with Gasteiger partial charge >= 0.3 is 6.03 Å². The number of carbonyl (C=O) groups excluding carboxylic acids is 1. The van der Waals surface area contributed by atoms with Gasteiger partial charge in [-0.25, -0.2) is 19.4 Å². The summed E-state index contributed by atoms with van der Waals surface area (Å²) in [7, 11) is 0. The highest BCUT2D eigenvalue weighted by atomic mass is 79.9. The van der Waals surface area contributed by atoms with Gasteiger partial charge in [-0.05, 0) is 22.0 Å². The molecule has 0 aliphatic rings. The van der Waals surface area contributed by atoms with Gasteiger partial charge in [0.05, 0.1) is 10.2 Å². The van der Waals surface area contributed by atoms with Crippen LogP contribution in [0.2, 0.25) is 0 Å². The lowest BCUT2D eigenvalue weighted by atomic mass is 10.3. The van der Waals surface area contributed by atoms with Crippen molar-refractivity contribution >= 4 is 27.6 Å². The zero-order valence-corrected chi connectivity index (χ0v) is 8.36. The van der Waals surface area contributed by atoms with Crippen molar-refractivity contribution in [2.24, 2.45) is 5.84 Å². The standard InChI is InChI=1S/C7H6BrF2N3O/c8-3-1-5(10)6(2-4(3)9)12-7(14)13-11/h1-2H,11H2,(H2,12,13,14). The third kappa shape index (κ3) is 2.39. The quantitative estimate of drug-likeness (QED) is 0.313. The smallest absolute Gasteiger partial charge is 0.304 e. The fourth-order valence-electron chi connectivity index (χ4n) is 0.777. The fourth-order valence-corrected chi connectivity index (χ4v) is 1.09. The number of rotatable bonds is 1. The molecule has 76 valence electrons. The molecule has 0 saturated heterocycles. The molecular formula is C7H6BrF2N3O. The first-order valence-corrected chi connectivity index (χ1v) is 4.26. The third-order valence-electron chi connectivity index (χ3n) is 1.39. The van der Waals surface area contributed by atoms with Crippen molar-refractivity contribution in [1.29, 1.82) is 0 Å². The van der Waals surface area contributed by atoms with Gasteiger partial charge in [0.15, 0.2) is 0 Å². The summed E-state index contributed by atoms with van der Waals surface area (Å²) < 4.78 is 25.9. The van der Waals surface area contributed by atoms with Crippen LogP contribution >= 0.6 is 15.9 Å². The van der Waals surface area contributed by atoms with Crippen molar-refractivity contribution in [3.63, 3.8) is 0 Å². The number of hydrazine groups is 1. The molecule has 4 N–H and O–H groups in total. The molecule has 0 spiro atoms. The average Bonchev–Trinajstić information content (AvgIpc) is 2.14. The molecule has 0 radical (unpaired) electrons. The van der Waals surface area contributed by atoms with Crippen LogP contribution in [0, 0.1) is 11.6 Å². The number of anilines is 1. The van der Waals surface area contributed by atoms with E-state index in [0.717, 1.165) is 12.1 Å². The summed E-state index contributed by atoms with van der Waals surface area (Å²) in [5, 5.41) is 2.02. The number of halogens is 3. The molecule has 1 rings (SSSR count). The zero-order chi connectivity index (χ0) is 10.7. The van der Waals surface area contributed by atoms with E-state index in [-0.39, 0.29) is 10.2 Å². The van der Waals surface area contributed by atoms with Crippen LogP contribution < -0.4 is 16.6 Å². The predicted molar refractivity (Wildman–Crippen MR) is 50.4 cm³/mol. The van der Waals surface area contributed by atoms with E-state index in [0.29, 0.717) is 0 Å². The van der Waals surface area contributed by atoms with Crippen LogP contribution in [0.3, 0.4) is 0 Å². The molecule has 7 heteroatoms. The molecule has 0 atom stereocenters. The summed E-state index contributed by atoms with van der Waals surface area (Å²) in [4.78, 5) is 10.7. The second kappa shape index (κ2) is 4.34. The molecule has 0 aliphatic carbocycles. The Bertz CT molecular complexity index is 372. The van der Waals surface area contributed by atoms with E-state index < -0.39 is 17.7 Å².